The first-order valence-electron chi connectivity index (χ1n) is 8.17. The molecule has 0 bridgehead atoms. The smallest absolute Gasteiger partial charge is 0.449 e. The van der Waals surface area contributed by atoms with Crippen molar-refractivity contribution in [3.05, 3.63) is 12.1 Å². The summed E-state index contributed by atoms with van der Waals surface area (Å²) >= 11 is 0. The Balaban J connectivity index is 1.75. The molecule has 2 aliphatic heterocycles. The molecule has 2 fully saturated rings. The van der Waals surface area contributed by atoms with Crippen LogP contribution in [0.3, 0.4) is 0 Å². The molecule has 2 aliphatic rings. The van der Waals surface area contributed by atoms with E-state index >= 15 is 0 Å². The lowest BCUT2D eigenvalue weighted by Crippen LogP contribution is -2.41. The Morgan fingerprint density at radius 2 is 1.77 bits per heavy atom. The molecule has 0 spiro atoms. The van der Waals surface area contributed by atoms with Crippen molar-refractivity contribution in [2.24, 2.45) is 5.92 Å². The number of likely N-dealkylation sites (tertiary alicyclic amines) is 1. The van der Waals surface area contributed by atoms with Crippen molar-refractivity contribution >= 4 is 13.2 Å². The van der Waals surface area contributed by atoms with E-state index in [2.05, 4.69) is 0 Å². The van der Waals surface area contributed by atoms with E-state index < -0.39 is 0 Å². The molecule has 2 saturated heterocycles. The van der Waals surface area contributed by atoms with Gasteiger partial charge in [-0.3, -0.25) is 0 Å². The third kappa shape index (κ3) is 4.05. The van der Waals surface area contributed by atoms with Gasteiger partial charge in [0.2, 0.25) is 0 Å². The first-order valence-corrected chi connectivity index (χ1v) is 8.17. The molecular weight excluding hydrogens is 281 g/mol. The van der Waals surface area contributed by atoms with Gasteiger partial charge in [0.05, 0.1) is 17.8 Å². The van der Waals surface area contributed by atoms with Crippen LogP contribution in [0.1, 0.15) is 47.5 Å². The van der Waals surface area contributed by atoms with E-state index in [4.69, 9.17) is 14.0 Å². The van der Waals surface area contributed by atoms with Crippen LogP contribution in [0.2, 0.25) is 0 Å². The number of hydrogen-bond acceptors (Lipinski definition) is 4. The Morgan fingerprint density at radius 3 is 2.32 bits per heavy atom. The average Bonchev–Trinajstić information content (AvgIpc) is 3.01. The summed E-state index contributed by atoms with van der Waals surface area (Å²) in [7, 11) is -0.346. The van der Waals surface area contributed by atoms with Gasteiger partial charge < -0.3 is 18.9 Å². The molecule has 22 heavy (non-hydrogen) atoms. The zero-order valence-corrected chi connectivity index (χ0v) is 14.4. The predicted molar refractivity (Wildman–Crippen MR) is 86.5 cm³/mol. The number of carbonyl (C=O) groups excluding carboxylic acids is 1. The van der Waals surface area contributed by atoms with Crippen LogP contribution >= 0.6 is 0 Å². The third-order valence-corrected chi connectivity index (χ3v) is 4.70. The fourth-order valence-electron chi connectivity index (χ4n) is 2.50. The van der Waals surface area contributed by atoms with Crippen molar-refractivity contribution in [3.8, 4) is 0 Å². The van der Waals surface area contributed by atoms with Gasteiger partial charge in [-0.15, -0.1) is 0 Å². The lowest BCUT2D eigenvalue weighted by Gasteiger charge is -2.32. The minimum atomic E-state index is -0.346. The molecule has 1 atom stereocenters. The summed E-state index contributed by atoms with van der Waals surface area (Å²) in [5.74, 6) is 2.04. The molecule has 0 aromatic carbocycles. The van der Waals surface area contributed by atoms with Gasteiger partial charge in [-0.2, -0.15) is 0 Å². The monoisotopic (exact) mass is 309 g/mol. The van der Waals surface area contributed by atoms with Crippen LogP contribution in [-0.2, 0) is 14.0 Å². The van der Waals surface area contributed by atoms with Crippen LogP contribution < -0.4 is 0 Å². The number of carbonyl (C=O) groups is 1. The van der Waals surface area contributed by atoms with Gasteiger partial charge >= 0.3 is 13.2 Å². The highest BCUT2D eigenvalue weighted by Gasteiger charge is 2.50. The molecule has 6 heteroatoms. The summed E-state index contributed by atoms with van der Waals surface area (Å²) in [5, 5.41) is 0. The molecule has 0 N–H and O–H groups in total. The third-order valence-electron chi connectivity index (χ3n) is 4.70. The van der Waals surface area contributed by atoms with Crippen LogP contribution in [0.15, 0.2) is 12.1 Å². The fourth-order valence-corrected chi connectivity index (χ4v) is 2.50. The summed E-state index contributed by atoms with van der Waals surface area (Å²) in [6, 6.07) is 0. The largest absolute Gasteiger partial charge is 0.486 e. The molecule has 1 amide bonds. The zero-order valence-electron chi connectivity index (χ0n) is 14.4. The highest BCUT2D eigenvalue weighted by Crippen LogP contribution is 2.36. The maximum absolute atomic E-state index is 11.8. The quantitative estimate of drug-likeness (QED) is 0.749. The number of rotatable bonds is 4. The second-order valence-electron chi connectivity index (χ2n) is 7.26. The van der Waals surface area contributed by atoms with Crippen LogP contribution in [0, 0.1) is 5.92 Å². The normalized spacial score (nSPS) is 25.0. The SMILES string of the molecule is CC(C=CB1OC(C)(C)C(C)(C)O1)COC(=O)N1CCCC1. The van der Waals surface area contributed by atoms with Gasteiger partial charge in [-0.25, -0.2) is 4.79 Å². The molecule has 0 radical (unpaired) electrons. The molecule has 0 aromatic heterocycles. The number of hydrogen-bond donors (Lipinski definition) is 0. The Bertz CT molecular complexity index is 414. The predicted octanol–water partition coefficient (Wildman–Crippen LogP) is 3.04. The maximum atomic E-state index is 11.8. The summed E-state index contributed by atoms with van der Waals surface area (Å²) in [6.45, 7) is 12.1. The molecule has 0 saturated carbocycles. The minimum Gasteiger partial charge on any atom is -0.449 e. The second-order valence-corrected chi connectivity index (χ2v) is 7.26. The lowest BCUT2D eigenvalue weighted by molar-refractivity contribution is 0.00578. The Hall–Kier alpha value is -1.01. The van der Waals surface area contributed by atoms with Gasteiger partial charge in [0.15, 0.2) is 0 Å². The van der Waals surface area contributed by atoms with E-state index in [9.17, 15) is 4.79 Å². The van der Waals surface area contributed by atoms with E-state index in [1.807, 2.05) is 46.7 Å². The topological polar surface area (TPSA) is 48.0 Å². The van der Waals surface area contributed by atoms with E-state index in [0.717, 1.165) is 25.9 Å². The summed E-state index contributed by atoms with van der Waals surface area (Å²) < 4.78 is 17.1. The summed E-state index contributed by atoms with van der Waals surface area (Å²) in [4.78, 5) is 13.6. The van der Waals surface area contributed by atoms with Crippen molar-refractivity contribution in [2.75, 3.05) is 19.7 Å². The molecule has 5 nitrogen and oxygen atoms in total. The molecule has 0 aliphatic carbocycles. The Kier molecular flexibility index (Phi) is 5.23. The molecule has 1 unspecified atom stereocenters. The van der Waals surface area contributed by atoms with Crippen molar-refractivity contribution in [3.63, 3.8) is 0 Å². The van der Waals surface area contributed by atoms with Gasteiger partial charge in [0.25, 0.3) is 0 Å². The number of ether oxygens (including phenoxy) is 1. The van der Waals surface area contributed by atoms with Crippen LogP contribution in [0.5, 0.6) is 0 Å². The van der Waals surface area contributed by atoms with Crippen LogP contribution in [-0.4, -0.2) is 49.0 Å². The Morgan fingerprint density at radius 1 is 1.23 bits per heavy atom. The van der Waals surface area contributed by atoms with Crippen molar-refractivity contribution < 1.29 is 18.8 Å². The molecule has 0 aromatic rings. The molecule has 124 valence electrons. The highest BCUT2D eigenvalue weighted by molar-refractivity contribution is 6.51. The van der Waals surface area contributed by atoms with Crippen molar-refractivity contribution in [1.29, 1.82) is 0 Å². The molecule has 2 rings (SSSR count). The number of amides is 1. The van der Waals surface area contributed by atoms with Crippen molar-refractivity contribution in [2.45, 2.75) is 58.7 Å². The van der Waals surface area contributed by atoms with E-state index in [-0.39, 0.29) is 30.3 Å². The lowest BCUT2D eigenvalue weighted by atomic mass is 9.88. The fraction of sp³-hybridized carbons (Fsp3) is 0.812. The number of nitrogens with zero attached hydrogens (tertiary/aromatic N) is 1. The van der Waals surface area contributed by atoms with Crippen molar-refractivity contribution in [1.82, 2.24) is 4.90 Å². The summed E-state index contributed by atoms with van der Waals surface area (Å²) in [6.07, 6.45) is 3.94. The first-order chi connectivity index (χ1) is 10.2. The van der Waals surface area contributed by atoms with Crippen LogP contribution in [0.25, 0.3) is 0 Å². The maximum Gasteiger partial charge on any atom is 0.486 e. The minimum absolute atomic E-state index is 0.130. The highest BCUT2D eigenvalue weighted by atomic mass is 16.7. The second kappa shape index (κ2) is 6.63. The first kappa shape index (κ1) is 17.4. The van der Waals surface area contributed by atoms with Gasteiger partial charge in [-0.05, 0) is 40.5 Å². The molecular formula is C16H28BNO4. The van der Waals surface area contributed by atoms with Gasteiger partial charge in [-0.1, -0.05) is 19.0 Å². The molecule has 2 heterocycles. The van der Waals surface area contributed by atoms with E-state index in [1.165, 1.54) is 0 Å². The van der Waals surface area contributed by atoms with Gasteiger partial charge in [0, 0.05) is 19.0 Å². The van der Waals surface area contributed by atoms with Gasteiger partial charge in [0.1, 0.15) is 0 Å². The average molecular weight is 309 g/mol. The summed E-state index contributed by atoms with van der Waals surface area (Å²) in [5.41, 5.74) is -0.652. The standard InChI is InChI=1S/C16H28BNO4/c1-13(12-20-14(19)18-10-6-7-11-18)8-9-17-21-15(2,3)16(4,5)22-17/h8-9,13H,6-7,10-12H2,1-5H3. The Labute approximate surface area is 134 Å². The van der Waals surface area contributed by atoms with E-state index in [0.29, 0.717) is 6.61 Å². The zero-order chi connectivity index (χ0) is 16.4. The van der Waals surface area contributed by atoms with E-state index in [1.54, 1.807) is 4.90 Å². The van der Waals surface area contributed by atoms with Crippen LogP contribution in [0.4, 0.5) is 4.79 Å².